The van der Waals surface area contributed by atoms with E-state index < -0.39 is 34.9 Å². The van der Waals surface area contributed by atoms with E-state index in [1.54, 1.807) is 0 Å². The highest BCUT2D eigenvalue weighted by atomic mass is 19.4. The third-order valence-electron chi connectivity index (χ3n) is 3.25. The Morgan fingerprint density at radius 3 is 1.73 bits per heavy atom. The number of halogens is 7. The average Bonchev–Trinajstić information content (AvgIpc) is 2.53. The molecule has 0 aliphatic heterocycles. The number of hydrogen-bond donors (Lipinski definition) is 1. The van der Waals surface area contributed by atoms with Crippen LogP contribution < -0.4 is 5.32 Å². The lowest BCUT2D eigenvalue weighted by molar-refractivity contribution is -0.348. The molecule has 1 rings (SSSR count). The fourth-order valence-corrected chi connectivity index (χ4v) is 1.92. The van der Waals surface area contributed by atoms with Crippen molar-refractivity contribution in [3.63, 3.8) is 0 Å². The van der Waals surface area contributed by atoms with E-state index in [-0.39, 0.29) is 17.3 Å². The third kappa shape index (κ3) is 3.55. The van der Waals surface area contributed by atoms with E-state index in [0.717, 1.165) is 6.92 Å². The lowest BCUT2D eigenvalue weighted by atomic mass is 9.92. The summed E-state index contributed by atoms with van der Waals surface area (Å²) < 4.78 is 90.5. The number of nitriles is 3. The summed E-state index contributed by atoms with van der Waals surface area (Å²) in [5, 5.41) is 28.5. The number of anilines is 1. The van der Waals surface area contributed by atoms with Crippen LogP contribution in [0.5, 0.6) is 0 Å². The maximum Gasteiger partial charge on any atom is 0.435 e. The molecule has 0 unspecified atom stereocenters. The van der Waals surface area contributed by atoms with Crippen molar-refractivity contribution in [1.82, 2.24) is 0 Å². The van der Waals surface area contributed by atoms with Gasteiger partial charge in [-0.05, 0) is 18.6 Å². The van der Waals surface area contributed by atoms with Crippen LogP contribution in [-0.2, 0) is 5.67 Å². The van der Waals surface area contributed by atoms with Crippen LogP contribution >= 0.6 is 0 Å². The minimum absolute atomic E-state index is 0.181. The molecule has 0 heterocycles. The van der Waals surface area contributed by atoms with Crippen molar-refractivity contribution in [2.75, 3.05) is 5.32 Å². The maximum atomic E-state index is 14.0. The van der Waals surface area contributed by atoms with Crippen LogP contribution in [0.15, 0.2) is 29.5 Å². The molecule has 11 heteroatoms. The van der Waals surface area contributed by atoms with Gasteiger partial charge in [-0.15, -0.1) is 0 Å². The first-order chi connectivity index (χ1) is 11.8. The number of hydrogen-bond acceptors (Lipinski definition) is 4. The van der Waals surface area contributed by atoms with Crippen LogP contribution in [0.3, 0.4) is 0 Å². The highest BCUT2D eigenvalue weighted by Crippen LogP contribution is 2.53. The number of rotatable bonds is 3. The zero-order valence-electron chi connectivity index (χ0n) is 12.7. The molecule has 0 aliphatic carbocycles. The highest BCUT2D eigenvalue weighted by molar-refractivity contribution is 5.62. The van der Waals surface area contributed by atoms with Crippen molar-refractivity contribution in [3.05, 3.63) is 40.6 Å². The van der Waals surface area contributed by atoms with E-state index in [2.05, 4.69) is 5.32 Å². The second-order valence-corrected chi connectivity index (χ2v) is 4.89. The zero-order chi connectivity index (χ0) is 20.3. The molecule has 0 atom stereocenters. The Hall–Kier alpha value is -3.26. The molecule has 0 saturated carbocycles. The lowest BCUT2D eigenvalue weighted by Gasteiger charge is -2.30. The zero-order valence-corrected chi connectivity index (χ0v) is 12.7. The second kappa shape index (κ2) is 6.93. The first kappa shape index (κ1) is 20.8. The van der Waals surface area contributed by atoms with Crippen LogP contribution in [-0.4, -0.2) is 12.4 Å². The minimum Gasteiger partial charge on any atom is -0.345 e. The van der Waals surface area contributed by atoms with Crippen molar-refractivity contribution in [2.45, 2.75) is 24.9 Å². The summed E-state index contributed by atoms with van der Waals surface area (Å²) in [5.74, 6) is 0. The standard InChI is InChI=1S/C15H7F7N4/c1-8-4-10(13(16,14(17,18)19)15(20,21)22)2-3-11(8)26-12(7-25)9(5-23)6-24/h2-4,26H,1H3. The lowest BCUT2D eigenvalue weighted by Crippen LogP contribution is -2.50. The van der Waals surface area contributed by atoms with Gasteiger partial charge in [0.15, 0.2) is 5.57 Å². The van der Waals surface area contributed by atoms with E-state index >= 15 is 0 Å². The van der Waals surface area contributed by atoms with Gasteiger partial charge < -0.3 is 5.32 Å². The molecule has 0 aromatic heterocycles. The Bertz CT molecular complexity index is 830. The van der Waals surface area contributed by atoms with Gasteiger partial charge in [-0.3, -0.25) is 0 Å². The summed E-state index contributed by atoms with van der Waals surface area (Å²) in [7, 11) is 0. The van der Waals surface area contributed by atoms with Gasteiger partial charge in [-0.1, -0.05) is 12.1 Å². The number of alkyl halides is 7. The smallest absolute Gasteiger partial charge is 0.345 e. The molecule has 136 valence electrons. The molecular weight excluding hydrogens is 369 g/mol. The topological polar surface area (TPSA) is 83.4 Å². The summed E-state index contributed by atoms with van der Waals surface area (Å²) in [6, 6.07) is 5.50. The Balaban J connectivity index is 3.48. The molecule has 1 aromatic rings. The molecule has 1 N–H and O–H groups in total. The number of nitrogens with zero attached hydrogens (tertiary/aromatic N) is 3. The molecular formula is C15H7F7N4. The molecule has 0 spiro atoms. The molecule has 0 radical (unpaired) electrons. The predicted molar refractivity (Wildman–Crippen MR) is 73.6 cm³/mol. The van der Waals surface area contributed by atoms with Crippen LogP contribution in [0.2, 0.25) is 0 Å². The predicted octanol–water partition coefficient (Wildman–Crippen LogP) is 4.52. The van der Waals surface area contributed by atoms with Crippen molar-refractivity contribution in [2.24, 2.45) is 0 Å². The summed E-state index contributed by atoms with van der Waals surface area (Å²) in [4.78, 5) is 0. The number of benzene rings is 1. The second-order valence-electron chi connectivity index (χ2n) is 4.89. The van der Waals surface area contributed by atoms with Crippen LogP contribution in [0.1, 0.15) is 11.1 Å². The van der Waals surface area contributed by atoms with E-state index in [1.807, 2.05) is 0 Å². The summed E-state index contributed by atoms with van der Waals surface area (Å²) >= 11 is 0. The first-order valence-corrected chi connectivity index (χ1v) is 6.48. The van der Waals surface area contributed by atoms with Gasteiger partial charge in [-0.2, -0.15) is 42.1 Å². The first-order valence-electron chi connectivity index (χ1n) is 6.48. The van der Waals surface area contributed by atoms with Gasteiger partial charge in [-0.25, -0.2) is 4.39 Å². The Morgan fingerprint density at radius 2 is 1.38 bits per heavy atom. The van der Waals surface area contributed by atoms with E-state index in [4.69, 9.17) is 15.8 Å². The normalized spacial score (nSPS) is 11.7. The van der Waals surface area contributed by atoms with Gasteiger partial charge in [0.25, 0.3) is 0 Å². The van der Waals surface area contributed by atoms with E-state index in [0.29, 0.717) is 12.1 Å². The van der Waals surface area contributed by atoms with Gasteiger partial charge in [0, 0.05) is 11.3 Å². The molecule has 0 amide bonds. The minimum atomic E-state index is -6.25. The van der Waals surface area contributed by atoms with E-state index in [1.165, 1.54) is 18.2 Å². The van der Waals surface area contributed by atoms with Crippen molar-refractivity contribution in [3.8, 4) is 18.2 Å². The van der Waals surface area contributed by atoms with Crippen molar-refractivity contribution < 1.29 is 30.7 Å². The molecule has 0 bridgehead atoms. The highest BCUT2D eigenvalue weighted by Gasteiger charge is 2.73. The maximum absolute atomic E-state index is 14.0. The monoisotopic (exact) mass is 376 g/mol. The molecule has 0 fully saturated rings. The fourth-order valence-electron chi connectivity index (χ4n) is 1.92. The molecule has 4 nitrogen and oxygen atoms in total. The number of allylic oxidation sites excluding steroid dienone is 2. The SMILES string of the molecule is Cc1cc(C(F)(C(F)(F)F)C(F)(F)F)ccc1NC(C#N)=C(C#N)C#N. The Labute approximate surface area is 142 Å². The largest absolute Gasteiger partial charge is 0.435 e. The van der Waals surface area contributed by atoms with Crippen molar-refractivity contribution >= 4 is 5.69 Å². The van der Waals surface area contributed by atoms with Gasteiger partial charge in [0.1, 0.15) is 23.9 Å². The molecule has 0 saturated heterocycles. The average molecular weight is 376 g/mol. The molecule has 1 aromatic carbocycles. The quantitative estimate of drug-likeness (QED) is 0.621. The van der Waals surface area contributed by atoms with E-state index in [9.17, 15) is 30.7 Å². The number of aryl methyl sites for hydroxylation is 1. The molecule has 0 aliphatic rings. The molecule has 26 heavy (non-hydrogen) atoms. The Morgan fingerprint density at radius 1 is 0.885 bits per heavy atom. The van der Waals surface area contributed by atoms with Gasteiger partial charge >= 0.3 is 18.0 Å². The summed E-state index contributed by atoms with van der Waals surface area (Å²) in [5.41, 5.74) is -8.95. The van der Waals surface area contributed by atoms with Crippen LogP contribution in [0, 0.1) is 40.9 Å². The van der Waals surface area contributed by atoms with Gasteiger partial charge in [0.05, 0.1) is 0 Å². The van der Waals surface area contributed by atoms with Crippen molar-refractivity contribution in [1.29, 1.82) is 15.8 Å². The van der Waals surface area contributed by atoms with Crippen LogP contribution in [0.4, 0.5) is 36.4 Å². The summed E-state index contributed by atoms with van der Waals surface area (Å²) in [6.45, 7) is 1.06. The van der Waals surface area contributed by atoms with Crippen LogP contribution in [0.25, 0.3) is 0 Å². The third-order valence-corrected chi connectivity index (χ3v) is 3.25. The summed E-state index contributed by atoms with van der Waals surface area (Å²) in [6.07, 6.45) is -12.5. The van der Waals surface area contributed by atoms with Gasteiger partial charge in [0.2, 0.25) is 0 Å². The Kier molecular flexibility index (Phi) is 5.54. The number of nitrogens with one attached hydrogen (secondary N) is 1. The fraction of sp³-hybridized carbons (Fsp3) is 0.267.